The lowest BCUT2D eigenvalue weighted by atomic mass is 10.0. The normalized spacial score (nSPS) is 24.1. The highest BCUT2D eigenvalue weighted by Gasteiger charge is 2.39. The molecule has 0 aromatic heterocycles. The van der Waals surface area contributed by atoms with Gasteiger partial charge in [0.15, 0.2) is 0 Å². The quantitative estimate of drug-likeness (QED) is 0.703. The zero-order valence-electron chi connectivity index (χ0n) is 14.8. The number of hydrogen-bond acceptors (Lipinski definition) is 4. The van der Waals surface area contributed by atoms with Gasteiger partial charge in [-0.1, -0.05) is 19.1 Å². The average Bonchev–Trinajstić information content (AvgIpc) is 3.43. The summed E-state index contributed by atoms with van der Waals surface area (Å²) in [5.74, 6) is -0.400. The van der Waals surface area contributed by atoms with E-state index in [1.165, 1.54) is 24.3 Å². The van der Waals surface area contributed by atoms with Gasteiger partial charge in [0.05, 0.1) is 24.7 Å². The van der Waals surface area contributed by atoms with Crippen LogP contribution in [0.5, 0.6) is 5.75 Å². The molecule has 27 heavy (non-hydrogen) atoms. The molecule has 0 bridgehead atoms. The van der Waals surface area contributed by atoms with E-state index in [1.807, 2.05) is 6.92 Å². The molecule has 0 spiro atoms. The maximum Gasteiger partial charge on any atom is 0.573 e. The van der Waals surface area contributed by atoms with Crippen molar-refractivity contribution in [3.8, 4) is 5.75 Å². The zero-order valence-corrected chi connectivity index (χ0v) is 14.8. The first-order chi connectivity index (χ1) is 12.7. The van der Waals surface area contributed by atoms with Crippen molar-refractivity contribution in [3.63, 3.8) is 0 Å². The molecule has 1 aromatic carbocycles. The molecule has 1 saturated carbocycles. The SMILES string of the molecule is CC[C@@H](NC(=O)C1CC(=O)NC(C2CC2)N1)c1ccc(OC(F)(F)F)cc1. The van der Waals surface area contributed by atoms with Crippen molar-refractivity contribution < 1.29 is 27.5 Å². The number of amides is 2. The number of carbonyl (C=O) groups excluding carboxylic acids is 2. The van der Waals surface area contributed by atoms with Crippen LogP contribution in [0.3, 0.4) is 0 Å². The van der Waals surface area contributed by atoms with Crippen molar-refractivity contribution in [2.24, 2.45) is 5.92 Å². The molecule has 1 saturated heterocycles. The van der Waals surface area contributed by atoms with E-state index in [0.29, 0.717) is 17.9 Å². The number of carbonyl (C=O) groups is 2. The van der Waals surface area contributed by atoms with Gasteiger partial charge >= 0.3 is 6.36 Å². The van der Waals surface area contributed by atoms with Crippen LogP contribution in [0.15, 0.2) is 24.3 Å². The fraction of sp³-hybridized carbons (Fsp3) is 0.556. The number of nitrogens with one attached hydrogen (secondary N) is 3. The highest BCUT2D eigenvalue weighted by Crippen LogP contribution is 2.33. The molecule has 0 radical (unpaired) electrons. The number of ether oxygens (including phenoxy) is 1. The Kier molecular flexibility index (Phi) is 5.59. The summed E-state index contributed by atoms with van der Waals surface area (Å²) in [4.78, 5) is 24.5. The summed E-state index contributed by atoms with van der Waals surface area (Å²) in [6.45, 7) is 1.86. The molecule has 9 heteroatoms. The number of halogens is 3. The van der Waals surface area contributed by atoms with Gasteiger partial charge in [0.2, 0.25) is 11.8 Å². The monoisotopic (exact) mass is 385 g/mol. The van der Waals surface area contributed by atoms with Gasteiger partial charge in [-0.2, -0.15) is 0 Å². The van der Waals surface area contributed by atoms with Crippen molar-refractivity contribution in [1.29, 1.82) is 0 Å². The number of benzene rings is 1. The predicted octanol–water partition coefficient (Wildman–Crippen LogP) is 2.37. The van der Waals surface area contributed by atoms with Gasteiger partial charge in [-0.05, 0) is 42.9 Å². The zero-order chi connectivity index (χ0) is 19.6. The molecule has 148 valence electrons. The van der Waals surface area contributed by atoms with Crippen LogP contribution in [-0.4, -0.2) is 30.4 Å². The first-order valence-electron chi connectivity index (χ1n) is 8.96. The Morgan fingerprint density at radius 1 is 1.30 bits per heavy atom. The largest absolute Gasteiger partial charge is 0.573 e. The number of alkyl halides is 3. The fourth-order valence-corrected chi connectivity index (χ4v) is 3.18. The first kappa shape index (κ1) is 19.5. The van der Waals surface area contributed by atoms with Crippen LogP contribution < -0.4 is 20.7 Å². The van der Waals surface area contributed by atoms with Gasteiger partial charge in [-0.15, -0.1) is 13.2 Å². The van der Waals surface area contributed by atoms with Gasteiger partial charge in [-0.25, -0.2) is 0 Å². The van der Waals surface area contributed by atoms with Gasteiger partial charge < -0.3 is 15.4 Å². The van der Waals surface area contributed by atoms with E-state index in [2.05, 4.69) is 20.7 Å². The van der Waals surface area contributed by atoms with E-state index >= 15 is 0 Å². The summed E-state index contributed by atoms with van der Waals surface area (Å²) in [7, 11) is 0. The topological polar surface area (TPSA) is 79.5 Å². The Balaban J connectivity index is 1.62. The van der Waals surface area contributed by atoms with E-state index in [4.69, 9.17) is 0 Å². The molecule has 3 atom stereocenters. The van der Waals surface area contributed by atoms with Crippen molar-refractivity contribution in [3.05, 3.63) is 29.8 Å². The van der Waals surface area contributed by atoms with Crippen molar-refractivity contribution >= 4 is 11.8 Å². The molecule has 1 aromatic rings. The predicted molar refractivity (Wildman–Crippen MR) is 90.5 cm³/mol. The fourth-order valence-electron chi connectivity index (χ4n) is 3.18. The summed E-state index contributed by atoms with van der Waals surface area (Å²) < 4.78 is 40.6. The van der Waals surface area contributed by atoms with Gasteiger partial charge in [-0.3, -0.25) is 14.9 Å². The average molecular weight is 385 g/mol. The van der Waals surface area contributed by atoms with Crippen LogP contribution in [0.1, 0.15) is 44.2 Å². The molecular formula is C18H22F3N3O3. The van der Waals surface area contributed by atoms with Crippen LogP contribution in [0, 0.1) is 5.92 Å². The Bertz CT molecular complexity index is 689. The third-order valence-electron chi connectivity index (χ3n) is 4.74. The second kappa shape index (κ2) is 7.75. The number of hydrogen-bond donors (Lipinski definition) is 3. The standard InChI is InChI=1S/C18H22F3N3O3/c1-2-13(10-5-7-12(8-6-10)27-18(19,20)21)23-17(26)14-9-15(25)24-16(22-14)11-3-4-11/h5-8,11,13-14,16,22H,2-4,9H2,1H3,(H,23,26)(H,24,25)/t13-,14?,16?/m1/s1. The summed E-state index contributed by atoms with van der Waals surface area (Å²) >= 11 is 0. The van der Waals surface area contributed by atoms with E-state index in [9.17, 15) is 22.8 Å². The smallest absolute Gasteiger partial charge is 0.406 e. The summed E-state index contributed by atoms with van der Waals surface area (Å²) in [5.41, 5.74) is 0.666. The van der Waals surface area contributed by atoms with E-state index < -0.39 is 12.4 Å². The van der Waals surface area contributed by atoms with Crippen LogP contribution in [-0.2, 0) is 9.59 Å². The van der Waals surface area contributed by atoms with Gasteiger partial charge in [0.1, 0.15) is 5.75 Å². The lowest BCUT2D eigenvalue weighted by Crippen LogP contribution is -2.61. The second-order valence-corrected chi connectivity index (χ2v) is 6.89. The Labute approximate surface area is 154 Å². The maximum atomic E-state index is 12.6. The third kappa shape index (κ3) is 5.35. The van der Waals surface area contributed by atoms with Crippen molar-refractivity contribution in [2.45, 2.75) is 57.2 Å². The third-order valence-corrected chi connectivity index (χ3v) is 4.74. The highest BCUT2D eigenvalue weighted by atomic mass is 19.4. The van der Waals surface area contributed by atoms with Crippen LogP contribution in [0.2, 0.25) is 0 Å². The Morgan fingerprint density at radius 3 is 2.52 bits per heavy atom. The maximum absolute atomic E-state index is 12.6. The van der Waals surface area contributed by atoms with Gasteiger partial charge in [0.25, 0.3) is 0 Å². The summed E-state index contributed by atoms with van der Waals surface area (Å²) in [6.07, 6.45) is -2.27. The van der Waals surface area contributed by atoms with Crippen LogP contribution in [0.4, 0.5) is 13.2 Å². The second-order valence-electron chi connectivity index (χ2n) is 6.89. The molecule has 1 aliphatic carbocycles. The van der Waals surface area contributed by atoms with E-state index in [0.717, 1.165) is 12.8 Å². The molecule has 3 N–H and O–H groups in total. The van der Waals surface area contributed by atoms with Crippen LogP contribution >= 0.6 is 0 Å². The molecule has 2 amide bonds. The molecule has 6 nitrogen and oxygen atoms in total. The van der Waals surface area contributed by atoms with Crippen molar-refractivity contribution in [1.82, 2.24) is 16.0 Å². The molecular weight excluding hydrogens is 363 g/mol. The van der Waals surface area contributed by atoms with Gasteiger partial charge in [0, 0.05) is 0 Å². The molecule has 2 unspecified atom stereocenters. The minimum Gasteiger partial charge on any atom is -0.406 e. The number of rotatable bonds is 6. The lowest BCUT2D eigenvalue weighted by Gasteiger charge is -2.32. The summed E-state index contributed by atoms with van der Waals surface area (Å²) in [6, 6.07) is 4.42. The first-order valence-corrected chi connectivity index (χ1v) is 8.96. The molecule has 1 aliphatic heterocycles. The Hall–Kier alpha value is -2.29. The summed E-state index contributed by atoms with van der Waals surface area (Å²) in [5, 5.41) is 8.90. The molecule has 2 aliphatic rings. The Morgan fingerprint density at radius 2 is 1.96 bits per heavy atom. The minimum atomic E-state index is -4.74. The van der Waals surface area contributed by atoms with Crippen molar-refractivity contribution in [2.75, 3.05) is 0 Å². The highest BCUT2D eigenvalue weighted by molar-refractivity contribution is 5.89. The molecule has 2 fully saturated rings. The molecule has 1 heterocycles. The minimum absolute atomic E-state index is 0.0594. The van der Waals surface area contributed by atoms with E-state index in [1.54, 1.807) is 0 Å². The van der Waals surface area contributed by atoms with Crippen LogP contribution in [0.25, 0.3) is 0 Å². The lowest BCUT2D eigenvalue weighted by molar-refractivity contribution is -0.274. The van der Waals surface area contributed by atoms with E-state index in [-0.39, 0.29) is 36.2 Å². The molecule has 3 rings (SSSR count).